The van der Waals surface area contributed by atoms with Crippen molar-refractivity contribution in [2.75, 3.05) is 19.6 Å². The Morgan fingerprint density at radius 1 is 1.32 bits per heavy atom. The lowest BCUT2D eigenvalue weighted by molar-refractivity contribution is 0.0933. The highest BCUT2D eigenvalue weighted by atomic mass is 35.5. The van der Waals surface area contributed by atoms with Crippen LogP contribution in [0.5, 0.6) is 0 Å². The van der Waals surface area contributed by atoms with Crippen molar-refractivity contribution in [3.63, 3.8) is 0 Å². The van der Waals surface area contributed by atoms with E-state index in [-0.39, 0.29) is 11.9 Å². The third-order valence-corrected chi connectivity index (χ3v) is 4.64. The van der Waals surface area contributed by atoms with Crippen molar-refractivity contribution < 1.29 is 4.79 Å². The maximum Gasteiger partial charge on any atom is 0.272 e. The Labute approximate surface area is 138 Å². The fourth-order valence-corrected chi connectivity index (χ4v) is 3.30. The SMILES string of the molecule is O=C(NC[C@@H](c1ccc(Cl)cc1)N1CCCC1)c1csnn1. The third kappa shape index (κ3) is 3.63. The van der Waals surface area contributed by atoms with Crippen LogP contribution in [0.4, 0.5) is 0 Å². The Morgan fingerprint density at radius 2 is 2.05 bits per heavy atom. The maximum absolute atomic E-state index is 12.1. The van der Waals surface area contributed by atoms with Gasteiger partial charge in [0.15, 0.2) is 5.69 Å². The molecule has 0 saturated carbocycles. The number of hydrogen-bond donors (Lipinski definition) is 1. The summed E-state index contributed by atoms with van der Waals surface area (Å²) in [5, 5.41) is 9.15. The van der Waals surface area contributed by atoms with Crippen LogP contribution in [0.2, 0.25) is 5.02 Å². The number of rotatable bonds is 5. The zero-order valence-electron chi connectivity index (χ0n) is 12.0. The van der Waals surface area contributed by atoms with E-state index < -0.39 is 0 Å². The minimum atomic E-state index is -0.174. The van der Waals surface area contributed by atoms with E-state index in [4.69, 9.17) is 11.6 Å². The summed E-state index contributed by atoms with van der Waals surface area (Å²) in [6, 6.07) is 8.01. The molecule has 0 radical (unpaired) electrons. The van der Waals surface area contributed by atoms with Crippen LogP contribution in [0, 0.1) is 0 Å². The Morgan fingerprint density at radius 3 is 2.68 bits per heavy atom. The van der Waals surface area contributed by atoms with Crippen LogP contribution in [0.25, 0.3) is 0 Å². The van der Waals surface area contributed by atoms with Gasteiger partial charge in [-0.1, -0.05) is 28.2 Å². The van der Waals surface area contributed by atoms with Crippen LogP contribution in [-0.4, -0.2) is 40.0 Å². The van der Waals surface area contributed by atoms with Crippen molar-refractivity contribution in [1.82, 2.24) is 19.8 Å². The molecule has 1 atom stereocenters. The number of aromatic nitrogens is 2. The first-order chi connectivity index (χ1) is 10.7. The highest BCUT2D eigenvalue weighted by Crippen LogP contribution is 2.25. The van der Waals surface area contributed by atoms with Gasteiger partial charge < -0.3 is 5.32 Å². The first-order valence-electron chi connectivity index (χ1n) is 7.29. The molecule has 3 rings (SSSR count). The summed E-state index contributed by atoms with van der Waals surface area (Å²) >= 11 is 7.15. The third-order valence-electron chi connectivity index (χ3n) is 3.88. The molecular formula is C15H17ClN4OS. The summed E-state index contributed by atoms with van der Waals surface area (Å²) in [4.78, 5) is 14.5. The fourth-order valence-electron chi connectivity index (χ4n) is 2.74. The number of halogens is 1. The fraction of sp³-hybridized carbons (Fsp3) is 0.400. The molecular weight excluding hydrogens is 320 g/mol. The van der Waals surface area contributed by atoms with Gasteiger partial charge in [0.25, 0.3) is 5.91 Å². The molecule has 1 N–H and O–H groups in total. The molecule has 0 bridgehead atoms. The Hall–Kier alpha value is -1.50. The quantitative estimate of drug-likeness (QED) is 0.912. The summed E-state index contributed by atoms with van der Waals surface area (Å²) in [5.74, 6) is -0.174. The molecule has 22 heavy (non-hydrogen) atoms. The molecule has 5 nitrogen and oxygen atoms in total. The number of likely N-dealkylation sites (tertiary alicyclic amines) is 1. The Bertz CT molecular complexity index is 611. The summed E-state index contributed by atoms with van der Waals surface area (Å²) in [5.41, 5.74) is 1.55. The van der Waals surface area contributed by atoms with Crippen LogP contribution in [-0.2, 0) is 0 Å². The van der Waals surface area contributed by atoms with E-state index >= 15 is 0 Å². The molecule has 7 heteroatoms. The Balaban J connectivity index is 1.71. The van der Waals surface area contributed by atoms with Crippen molar-refractivity contribution in [2.24, 2.45) is 0 Å². The van der Waals surface area contributed by atoms with Gasteiger partial charge in [0.2, 0.25) is 0 Å². The van der Waals surface area contributed by atoms with E-state index in [1.165, 1.54) is 29.9 Å². The average molecular weight is 337 g/mol. The van der Waals surface area contributed by atoms with E-state index in [1.54, 1.807) is 5.38 Å². The normalized spacial score (nSPS) is 16.6. The number of carbonyl (C=O) groups is 1. The van der Waals surface area contributed by atoms with Gasteiger partial charge in [-0.3, -0.25) is 9.69 Å². The van der Waals surface area contributed by atoms with Crippen LogP contribution in [0.3, 0.4) is 0 Å². The zero-order valence-corrected chi connectivity index (χ0v) is 13.6. The van der Waals surface area contributed by atoms with Gasteiger partial charge in [-0.25, -0.2) is 0 Å². The van der Waals surface area contributed by atoms with Crippen molar-refractivity contribution in [3.05, 3.63) is 45.9 Å². The molecule has 0 unspecified atom stereocenters. The van der Waals surface area contributed by atoms with Gasteiger partial charge in [0.1, 0.15) is 0 Å². The lowest BCUT2D eigenvalue weighted by atomic mass is 10.1. The second-order valence-corrected chi connectivity index (χ2v) is 6.36. The number of benzene rings is 1. The standard InChI is InChI=1S/C15H17ClN4OS/c16-12-5-3-11(4-6-12)14(20-7-1-2-8-20)9-17-15(21)13-10-22-19-18-13/h3-6,10,14H,1-2,7-9H2,(H,17,21)/t14-/m0/s1. The van der Waals surface area contributed by atoms with E-state index in [0.29, 0.717) is 12.2 Å². The molecule has 2 heterocycles. The molecule has 0 aliphatic carbocycles. The molecule has 1 aromatic heterocycles. The molecule has 1 aliphatic rings. The maximum atomic E-state index is 12.1. The predicted molar refractivity (Wildman–Crippen MR) is 87.2 cm³/mol. The van der Waals surface area contributed by atoms with Crippen LogP contribution in [0.1, 0.15) is 34.9 Å². The number of amides is 1. The summed E-state index contributed by atoms with van der Waals surface area (Å²) in [7, 11) is 0. The zero-order chi connectivity index (χ0) is 15.4. The lowest BCUT2D eigenvalue weighted by Crippen LogP contribution is -2.36. The monoisotopic (exact) mass is 336 g/mol. The molecule has 1 saturated heterocycles. The van der Waals surface area contributed by atoms with Crippen molar-refractivity contribution in [3.8, 4) is 0 Å². The summed E-state index contributed by atoms with van der Waals surface area (Å²) in [6.45, 7) is 2.67. The highest BCUT2D eigenvalue weighted by Gasteiger charge is 2.24. The van der Waals surface area contributed by atoms with Crippen molar-refractivity contribution >= 4 is 29.0 Å². The number of nitrogens with one attached hydrogen (secondary N) is 1. The molecule has 0 spiro atoms. The van der Waals surface area contributed by atoms with Crippen LogP contribution >= 0.6 is 23.1 Å². The van der Waals surface area contributed by atoms with Gasteiger partial charge in [-0.05, 0) is 55.2 Å². The van der Waals surface area contributed by atoms with E-state index in [2.05, 4.69) is 19.8 Å². The minimum Gasteiger partial charge on any atom is -0.349 e. The van der Waals surface area contributed by atoms with Crippen molar-refractivity contribution in [2.45, 2.75) is 18.9 Å². The first-order valence-corrected chi connectivity index (χ1v) is 8.50. The first kappa shape index (κ1) is 15.4. The smallest absolute Gasteiger partial charge is 0.272 e. The topological polar surface area (TPSA) is 58.1 Å². The number of carbonyl (C=O) groups excluding carboxylic acids is 1. The summed E-state index contributed by atoms with van der Waals surface area (Å²) < 4.78 is 3.72. The van der Waals surface area contributed by atoms with Gasteiger partial charge in [0, 0.05) is 16.9 Å². The molecule has 1 amide bonds. The van der Waals surface area contributed by atoms with Crippen LogP contribution < -0.4 is 5.32 Å². The van der Waals surface area contributed by atoms with E-state index in [9.17, 15) is 4.79 Å². The van der Waals surface area contributed by atoms with Gasteiger partial charge in [-0.2, -0.15) is 0 Å². The summed E-state index contributed by atoms with van der Waals surface area (Å²) in [6.07, 6.45) is 2.40. The minimum absolute atomic E-state index is 0.162. The molecule has 116 valence electrons. The molecule has 1 fully saturated rings. The lowest BCUT2D eigenvalue weighted by Gasteiger charge is -2.28. The van der Waals surface area contributed by atoms with E-state index in [0.717, 1.165) is 18.1 Å². The average Bonchev–Trinajstić information content (AvgIpc) is 3.22. The number of nitrogens with zero attached hydrogens (tertiary/aromatic N) is 3. The molecule has 1 aromatic carbocycles. The largest absolute Gasteiger partial charge is 0.349 e. The molecule has 1 aliphatic heterocycles. The molecule has 2 aromatic rings. The van der Waals surface area contributed by atoms with Crippen LogP contribution in [0.15, 0.2) is 29.6 Å². The van der Waals surface area contributed by atoms with E-state index in [1.807, 2.05) is 24.3 Å². The Kier molecular flexibility index (Phi) is 5.02. The van der Waals surface area contributed by atoms with Gasteiger partial charge >= 0.3 is 0 Å². The highest BCUT2D eigenvalue weighted by molar-refractivity contribution is 7.03. The second-order valence-electron chi connectivity index (χ2n) is 5.31. The van der Waals surface area contributed by atoms with Gasteiger partial charge in [0.05, 0.1) is 6.04 Å². The number of hydrogen-bond acceptors (Lipinski definition) is 5. The predicted octanol–water partition coefficient (Wildman–Crippen LogP) is 2.76. The second kappa shape index (κ2) is 7.17. The van der Waals surface area contributed by atoms with Crippen molar-refractivity contribution in [1.29, 1.82) is 0 Å². The van der Waals surface area contributed by atoms with Gasteiger partial charge in [-0.15, -0.1) is 5.10 Å².